The van der Waals surface area contributed by atoms with E-state index in [1.54, 1.807) is 0 Å². The standard InChI is InChI=1S/C56H34N6O/c1-2-14-37(15-3-1)53-58-54(38-27-25-36(26-28-38)42-20-12-16-35-13-4-5-17-41(35)42)60-56(59-53)62-49-23-10-7-19-44(49)46-34-33-45-43-18-6-9-22-48(43)61(51(45)52(46)62)40-31-29-39(30-32-40)55-57-47-21-8-11-24-50(47)63-55/h1-34H. The SMILES string of the molecule is c1ccc(-c2nc(-c3ccc(-c4cccc5ccccc45)cc3)nc(-n3c4ccccc4c4ccc5c6ccccc6n(-c6ccc(-c7nc8ccccc8o7)cc6)c5c43)n2)cc1. The van der Waals surface area contributed by atoms with Crippen LogP contribution >= 0.6 is 0 Å². The van der Waals surface area contributed by atoms with Gasteiger partial charge in [0.25, 0.3) is 0 Å². The number of hydrogen-bond acceptors (Lipinski definition) is 5. The zero-order chi connectivity index (χ0) is 41.4. The zero-order valence-electron chi connectivity index (χ0n) is 33.7. The van der Waals surface area contributed by atoms with Crippen LogP contribution in [0.2, 0.25) is 0 Å². The monoisotopic (exact) mass is 806 g/mol. The Kier molecular flexibility index (Phi) is 7.77. The van der Waals surface area contributed by atoms with Crippen LogP contribution in [0.25, 0.3) is 122 Å². The van der Waals surface area contributed by atoms with E-state index in [4.69, 9.17) is 24.4 Å². The Morgan fingerprint density at radius 1 is 0.349 bits per heavy atom. The van der Waals surface area contributed by atoms with E-state index in [1.165, 1.54) is 16.3 Å². The smallest absolute Gasteiger partial charge is 0.238 e. The molecule has 63 heavy (non-hydrogen) atoms. The summed E-state index contributed by atoms with van der Waals surface area (Å²) in [4.78, 5) is 20.6. The van der Waals surface area contributed by atoms with Crippen LogP contribution in [-0.4, -0.2) is 29.1 Å². The molecular formula is C56H34N6O. The van der Waals surface area contributed by atoms with E-state index < -0.39 is 0 Å². The molecular weight excluding hydrogens is 773 g/mol. The molecule has 0 saturated heterocycles. The minimum atomic E-state index is 0.541. The predicted octanol–water partition coefficient (Wildman–Crippen LogP) is 14.0. The van der Waals surface area contributed by atoms with E-state index >= 15 is 0 Å². The molecule has 0 aliphatic carbocycles. The number of fused-ring (bicyclic) bond motifs is 9. The molecule has 7 nitrogen and oxygen atoms in total. The van der Waals surface area contributed by atoms with Crippen molar-refractivity contribution in [3.63, 3.8) is 0 Å². The number of rotatable bonds is 6. The highest BCUT2D eigenvalue weighted by molar-refractivity contribution is 6.23. The van der Waals surface area contributed by atoms with Gasteiger partial charge in [-0.05, 0) is 70.4 Å². The topological polar surface area (TPSA) is 74.6 Å². The molecule has 294 valence electrons. The molecule has 13 rings (SSSR count). The maximum absolute atomic E-state index is 6.17. The second kappa shape index (κ2) is 13.9. The van der Waals surface area contributed by atoms with Crippen molar-refractivity contribution in [1.29, 1.82) is 0 Å². The van der Waals surface area contributed by atoms with Crippen molar-refractivity contribution in [3.05, 3.63) is 206 Å². The van der Waals surface area contributed by atoms with Gasteiger partial charge in [-0.3, -0.25) is 4.57 Å². The molecule has 0 saturated carbocycles. The van der Waals surface area contributed by atoms with Gasteiger partial charge in [-0.2, -0.15) is 9.97 Å². The Hall–Kier alpha value is -8.68. The molecule has 0 N–H and O–H groups in total. The Balaban J connectivity index is 1.05. The quantitative estimate of drug-likeness (QED) is 0.167. The second-order valence-electron chi connectivity index (χ2n) is 15.8. The van der Waals surface area contributed by atoms with E-state index in [9.17, 15) is 0 Å². The third kappa shape index (κ3) is 5.60. The molecule has 0 radical (unpaired) electrons. The first kappa shape index (κ1) is 35.1. The average molecular weight is 807 g/mol. The summed E-state index contributed by atoms with van der Waals surface area (Å²) in [6.07, 6.45) is 0. The number of para-hydroxylation sites is 4. The molecule has 0 spiro atoms. The summed E-state index contributed by atoms with van der Waals surface area (Å²) in [5.74, 6) is 2.33. The summed E-state index contributed by atoms with van der Waals surface area (Å²) in [5.41, 5.74) is 11.8. The third-order valence-corrected chi connectivity index (χ3v) is 12.2. The van der Waals surface area contributed by atoms with Crippen molar-refractivity contribution < 1.29 is 4.42 Å². The Morgan fingerprint density at radius 2 is 0.905 bits per heavy atom. The van der Waals surface area contributed by atoms with Gasteiger partial charge in [-0.1, -0.05) is 158 Å². The molecule has 0 aliphatic rings. The van der Waals surface area contributed by atoms with Gasteiger partial charge in [0.2, 0.25) is 11.8 Å². The van der Waals surface area contributed by atoms with Gasteiger partial charge in [0.15, 0.2) is 17.2 Å². The fourth-order valence-corrected chi connectivity index (χ4v) is 9.31. The van der Waals surface area contributed by atoms with E-state index in [1.807, 2.05) is 42.5 Å². The molecule has 0 amide bonds. The van der Waals surface area contributed by atoms with Gasteiger partial charge in [-0.15, -0.1) is 0 Å². The van der Waals surface area contributed by atoms with Crippen molar-refractivity contribution >= 4 is 65.5 Å². The lowest BCUT2D eigenvalue weighted by Gasteiger charge is -2.13. The van der Waals surface area contributed by atoms with E-state index in [2.05, 4.69) is 173 Å². The Bertz CT molecular complexity index is 3860. The molecule has 0 atom stereocenters. The predicted molar refractivity (Wildman–Crippen MR) is 255 cm³/mol. The molecule has 7 heteroatoms. The number of oxazole rings is 1. The lowest BCUT2D eigenvalue weighted by Crippen LogP contribution is -2.07. The van der Waals surface area contributed by atoms with Crippen molar-refractivity contribution in [3.8, 4) is 57.0 Å². The minimum Gasteiger partial charge on any atom is -0.436 e. The first-order valence-corrected chi connectivity index (χ1v) is 21.1. The van der Waals surface area contributed by atoms with Crippen LogP contribution in [0.4, 0.5) is 0 Å². The normalized spacial score (nSPS) is 11.8. The maximum atomic E-state index is 6.17. The summed E-state index contributed by atoms with van der Waals surface area (Å²) in [5, 5.41) is 6.93. The summed E-state index contributed by atoms with van der Waals surface area (Å²) in [7, 11) is 0. The fourth-order valence-electron chi connectivity index (χ4n) is 9.31. The van der Waals surface area contributed by atoms with Crippen molar-refractivity contribution in [2.75, 3.05) is 0 Å². The zero-order valence-corrected chi connectivity index (χ0v) is 33.7. The van der Waals surface area contributed by atoms with Gasteiger partial charge in [0.1, 0.15) is 5.52 Å². The van der Waals surface area contributed by atoms with Crippen LogP contribution in [0.1, 0.15) is 0 Å². The number of nitrogens with zero attached hydrogens (tertiary/aromatic N) is 6. The highest BCUT2D eigenvalue weighted by Crippen LogP contribution is 2.42. The molecule has 13 aromatic rings. The van der Waals surface area contributed by atoms with Crippen molar-refractivity contribution in [2.24, 2.45) is 0 Å². The first-order chi connectivity index (χ1) is 31.2. The molecule has 0 bridgehead atoms. The summed E-state index contributed by atoms with van der Waals surface area (Å²) >= 11 is 0. The molecule has 9 aromatic carbocycles. The van der Waals surface area contributed by atoms with Crippen LogP contribution in [0.3, 0.4) is 0 Å². The third-order valence-electron chi connectivity index (χ3n) is 12.2. The second-order valence-corrected chi connectivity index (χ2v) is 15.8. The van der Waals surface area contributed by atoms with Crippen LogP contribution in [0, 0.1) is 0 Å². The summed E-state index contributed by atoms with van der Waals surface area (Å²) in [6.45, 7) is 0. The first-order valence-electron chi connectivity index (χ1n) is 21.1. The largest absolute Gasteiger partial charge is 0.436 e. The average Bonchev–Trinajstić information content (AvgIpc) is 4.05. The minimum absolute atomic E-state index is 0.541. The molecule has 4 heterocycles. The van der Waals surface area contributed by atoms with Crippen LogP contribution in [-0.2, 0) is 0 Å². The van der Waals surface area contributed by atoms with Gasteiger partial charge in [0, 0.05) is 43.9 Å². The number of hydrogen-bond donors (Lipinski definition) is 0. The van der Waals surface area contributed by atoms with Crippen LogP contribution in [0.15, 0.2) is 211 Å². The van der Waals surface area contributed by atoms with Crippen LogP contribution < -0.4 is 0 Å². The molecule has 0 aliphatic heterocycles. The lowest BCUT2D eigenvalue weighted by molar-refractivity contribution is 0.620. The van der Waals surface area contributed by atoms with Gasteiger partial charge in [-0.25, -0.2) is 9.97 Å². The lowest BCUT2D eigenvalue weighted by atomic mass is 9.97. The Morgan fingerprint density at radius 3 is 1.63 bits per heavy atom. The van der Waals surface area contributed by atoms with Crippen LogP contribution in [0.5, 0.6) is 0 Å². The van der Waals surface area contributed by atoms with E-state index in [0.717, 1.165) is 82.7 Å². The molecule has 0 fully saturated rings. The highest BCUT2D eigenvalue weighted by atomic mass is 16.3. The van der Waals surface area contributed by atoms with Crippen molar-refractivity contribution in [2.45, 2.75) is 0 Å². The van der Waals surface area contributed by atoms with Gasteiger partial charge < -0.3 is 8.98 Å². The molecule has 0 unspecified atom stereocenters. The van der Waals surface area contributed by atoms with E-state index in [-0.39, 0.29) is 0 Å². The van der Waals surface area contributed by atoms with E-state index in [0.29, 0.717) is 23.5 Å². The summed E-state index contributed by atoms with van der Waals surface area (Å²) in [6, 6.07) is 71.7. The Labute approximate surface area is 360 Å². The fraction of sp³-hybridized carbons (Fsp3) is 0. The number of aromatic nitrogens is 6. The van der Waals surface area contributed by atoms with Gasteiger partial charge >= 0.3 is 0 Å². The highest BCUT2D eigenvalue weighted by Gasteiger charge is 2.24. The van der Waals surface area contributed by atoms with Crippen molar-refractivity contribution in [1.82, 2.24) is 29.1 Å². The maximum Gasteiger partial charge on any atom is 0.238 e. The summed E-state index contributed by atoms with van der Waals surface area (Å²) < 4.78 is 10.8. The van der Waals surface area contributed by atoms with Gasteiger partial charge in [0.05, 0.1) is 22.1 Å². The molecule has 4 aromatic heterocycles. The number of benzene rings is 9.